The van der Waals surface area contributed by atoms with Gasteiger partial charge in [0.2, 0.25) is 0 Å². The van der Waals surface area contributed by atoms with Crippen molar-refractivity contribution in [3.05, 3.63) is 50.6 Å². The van der Waals surface area contributed by atoms with Gasteiger partial charge in [0.1, 0.15) is 0 Å². The molecule has 2 N–H and O–H groups in total. The van der Waals surface area contributed by atoms with Gasteiger partial charge in [-0.3, -0.25) is 0 Å². The van der Waals surface area contributed by atoms with Crippen LogP contribution in [0.4, 0.5) is 5.69 Å². The maximum absolute atomic E-state index is 6.03. The number of rotatable bonds is 3. The van der Waals surface area contributed by atoms with Gasteiger partial charge in [0.25, 0.3) is 0 Å². The van der Waals surface area contributed by atoms with E-state index in [1.807, 2.05) is 17.5 Å². The van der Waals surface area contributed by atoms with Gasteiger partial charge in [-0.1, -0.05) is 29.3 Å². The summed E-state index contributed by atoms with van der Waals surface area (Å²) in [6.45, 7) is 0.696. The predicted octanol–water partition coefficient (Wildman–Crippen LogP) is 4.54. The standard InChI is InChI=1S/C12H10Cl2N2S2/c13-8-3-4-10(14)11(6-8)16-12(17)15-7-9-2-1-5-18-9/h1-6H,7H2,(H2,15,16,17). The Balaban J connectivity index is 1.92. The average molecular weight is 317 g/mol. The Morgan fingerprint density at radius 3 is 2.83 bits per heavy atom. The zero-order valence-electron chi connectivity index (χ0n) is 9.24. The molecule has 0 spiro atoms. The zero-order valence-corrected chi connectivity index (χ0v) is 12.4. The van der Waals surface area contributed by atoms with Crippen LogP contribution in [0.3, 0.4) is 0 Å². The average Bonchev–Trinajstić information content (AvgIpc) is 2.84. The molecule has 0 unspecified atom stereocenters. The Bertz CT molecular complexity index is 541. The molecule has 0 atom stereocenters. The fourth-order valence-corrected chi connectivity index (χ4v) is 2.50. The monoisotopic (exact) mass is 316 g/mol. The van der Waals surface area contributed by atoms with Gasteiger partial charge >= 0.3 is 0 Å². The van der Waals surface area contributed by atoms with E-state index in [1.165, 1.54) is 4.88 Å². The third-order valence-corrected chi connectivity index (χ3v) is 3.87. The van der Waals surface area contributed by atoms with Crippen LogP contribution in [0, 0.1) is 0 Å². The molecule has 0 aliphatic heterocycles. The van der Waals surface area contributed by atoms with Crippen molar-refractivity contribution in [2.45, 2.75) is 6.54 Å². The molecule has 0 bridgehead atoms. The second-order valence-corrected chi connectivity index (χ2v) is 5.80. The summed E-state index contributed by atoms with van der Waals surface area (Å²) in [5.74, 6) is 0. The Hall–Kier alpha value is -0.810. The van der Waals surface area contributed by atoms with Crippen LogP contribution >= 0.6 is 46.8 Å². The summed E-state index contributed by atoms with van der Waals surface area (Å²) >= 11 is 18.8. The van der Waals surface area contributed by atoms with Crippen molar-refractivity contribution in [1.29, 1.82) is 0 Å². The lowest BCUT2D eigenvalue weighted by Gasteiger charge is -2.11. The lowest BCUT2D eigenvalue weighted by molar-refractivity contribution is 0.946. The number of hydrogen-bond donors (Lipinski definition) is 2. The topological polar surface area (TPSA) is 24.1 Å². The Labute approximate surface area is 125 Å². The molecule has 6 heteroatoms. The molecule has 0 amide bonds. The van der Waals surface area contributed by atoms with Crippen LogP contribution in [0.2, 0.25) is 10.0 Å². The van der Waals surface area contributed by atoms with E-state index < -0.39 is 0 Å². The molecule has 0 radical (unpaired) electrons. The Kier molecular flexibility index (Phi) is 4.83. The number of anilines is 1. The molecule has 0 saturated heterocycles. The van der Waals surface area contributed by atoms with Gasteiger partial charge in [-0.2, -0.15) is 0 Å². The maximum Gasteiger partial charge on any atom is 0.171 e. The highest BCUT2D eigenvalue weighted by atomic mass is 35.5. The SMILES string of the molecule is S=C(NCc1cccs1)Nc1cc(Cl)ccc1Cl. The van der Waals surface area contributed by atoms with Crippen molar-refractivity contribution >= 4 is 57.6 Å². The molecule has 2 rings (SSSR count). The van der Waals surface area contributed by atoms with E-state index in [9.17, 15) is 0 Å². The third-order valence-electron chi connectivity index (χ3n) is 2.18. The highest BCUT2D eigenvalue weighted by molar-refractivity contribution is 7.80. The quantitative estimate of drug-likeness (QED) is 0.813. The van der Waals surface area contributed by atoms with Gasteiger partial charge < -0.3 is 10.6 Å². The van der Waals surface area contributed by atoms with Crippen molar-refractivity contribution in [2.24, 2.45) is 0 Å². The van der Waals surface area contributed by atoms with E-state index in [4.69, 9.17) is 35.4 Å². The summed E-state index contributed by atoms with van der Waals surface area (Å²) in [7, 11) is 0. The highest BCUT2D eigenvalue weighted by Gasteiger charge is 2.03. The first kappa shape index (κ1) is 13.6. The molecular weight excluding hydrogens is 307 g/mol. The smallest absolute Gasteiger partial charge is 0.171 e. The van der Waals surface area contributed by atoms with Crippen molar-refractivity contribution < 1.29 is 0 Å². The molecule has 0 fully saturated rings. The first-order chi connectivity index (χ1) is 8.65. The van der Waals surface area contributed by atoms with E-state index in [0.29, 0.717) is 27.4 Å². The third kappa shape index (κ3) is 3.85. The maximum atomic E-state index is 6.03. The van der Waals surface area contributed by atoms with Crippen molar-refractivity contribution in [3.63, 3.8) is 0 Å². The van der Waals surface area contributed by atoms with Gasteiger partial charge in [0, 0.05) is 9.90 Å². The summed E-state index contributed by atoms with van der Waals surface area (Å²) in [6.07, 6.45) is 0. The highest BCUT2D eigenvalue weighted by Crippen LogP contribution is 2.25. The van der Waals surface area contributed by atoms with E-state index >= 15 is 0 Å². The largest absolute Gasteiger partial charge is 0.358 e. The number of benzene rings is 1. The Morgan fingerprint density at radius 1 is 1.28 bits per heavy atom. The minimum atomic E-state index is 0.521. The van der Waals surface area contributed by atoms with Gasteiger partial charge in [-0.15, -0.1) is 11.3 Å². The molecule has 1 heterocycles. The van der Waals surface area contributed by atoms with Crippen LogP contribution in [0.25, 0.3) is 0 Å². The lowest BCUT2D eigenvalue weighted by Crippen LogP contribution is -2.27. The van der Waals surface area contributed by atoms with Crippen LogP contribution in [0.15, 0.2) is 35.7 Å². The van der Waals surface area contributed by atoms with Crippen LogP contribution < -0.4 is 10.6 Å². The fourth-order valence-electron chi connectivity index (χ4n) is 1.34. The molecule has 18 heavy (non-hydrogen) atoms. The summed E-state index contributed by atoms with van der Waals surface area (Å²) in [6, 6.07) is 9.26. The molecule has 0 aliphatic carbocycles. The van der Waals surface area contributed by atoms with Crippen LogP contribution in [0.5, 0.6) is 0 Å². The van der Waals surface area contributed by atoms with Gasteiger partial charge in [-0.05, 0) is 41.9 Å². The number of thiophene rings is 1. The number of nitrogens with one attached hydrogen (secondary N) is 2. The molecular formula is C12H10Cl2N2S2. The minimum absolute atomic E-state index is 0.521. The molecule has 0 saturated carbocycles. The van der Waals surface area contributed by atoms with Gasteiger partial charge in [0.15, 0.2) is 5.11 Å². The molecule has 2 nitrogen and oxygen atoms in total. The first-order valence-corrected chi connectivity index (χ1v) is 7.22. The Morgan fingerprint density at radius 2 is 2.11 bits per heavy atom. The number of hydrogen-bond acceptors (Lipinski definition) is 2. The lowest BCUT2D eigenvalue weighted by atomic mass is 10.3. The van der Waals surface area contributed by atoms with E-state index in [1.54, 1.807) is 29.5 Å². The summed E-state index contributed by atoms with van der Waals surface area (Å²) in [5.41, 5.74) is 0.702. The summed E-state index contributed by atoms with van der Waals surface area (Å²) in [4.78, 5) is 1.22. The second-order valence-electron chi connectivity index (χ2n) is 3.51. The zero-order chi connectivity index (χ0) is 13.0. The number of thiocarbonyl (C=S) groups is 1. The van der Waals surface area contributed by atoms with Crippen LogP contribution in [-0.4, -0.2) is 5.11 Å². The predicted molar refractivity (Wildman–Crippen MR) is 83.8 cm³/mol. The fraction of sp³-hybridized carbons (Fsp3) is 0.0833. The summed E-state index contributed by atoms with van der Waals surface area (Å²) < 4.78 is 0. The molecule has 94 valence electrons. The van der Waals surface area contributed by atoms with E-state index in [0.717, 1.165) is 0 Å². The van der Waals surface area contributed by atoms with Crippen LogP contribution in [-0.2, 0) is 6.54 Å². The van der Waals surface area contributed by atoms with Crippen molar-refractivity contribution in [3.8, 4) is 0 Å². The van der Waals surface area contributed by atoms with Gasteiger partial charge in [0.05, 0.1) is 17.3 Å². The van der Waals surface area contributed by atoms with E-state index in [-0.39, 0.29) is 0 Å². The molecule has 2 aromatic rings. The second kappa shape index (κ2) is 6.38. The van der Waals surface area contributed by atoms with Crippen molar-refractivity contribution in [1.82, 2.24) is 5.32 Å². The minimum Gasteiger partial charge on any atom is -0.358 e. The molecule has 0 aliphatic rings. The van der Waals surface area contributed by atoms with Crippen molar-refractivity contribution in [2.75, 3.05) is 5.32 Å². The first-order valence-electron chi connectivity index (χ1n) is 5.17. The molecule has 1 aromatic carbocycles. The number of halogens is 2. The molecule has 1 aromatic heterocycles. The van der Waals surface area contributed by atoms with Crippen LogP contribution in [0.1, 0.15) is 4.88 Å². The van der Waals surface area contributed by atoms with Gasteiger partial charge in [-0.25, -0.2) is 0 Å². The normalized spacial score (nSPS) is 10.1. The summed E-state index contributed by atoms with van der Waals surface area (Å²) in [5, 5.41) is 9.88. The van der Waals surface area contributed by atoms with E-state index in [2.05, 4.69) is 10.6 Å².